The van der Waals surface area contributed by atoms with E-state index in [1.54, 1.807) is 0 Å². The smallest absolute Gasteiger partial charge is 0.309 e. The van der Waals surface area contributed by atoms with Crippen LogP contribution in [0.1, 0.15) is 77.2 Å². The number of benzene rings is 1. The maximum absolute atomic E-state index is 12.9. The van der Waals surface area contributed by atoms with Gasteiger partial charge in [-0.25, -0.2) is 0 Å². The summed E-state index contributed by atoms with van der Waals surface area (Å²) < 4.78 is 24.3. The zero-order chi connectivity index (χ0) is 18.9. The van der Waals surface area contributed by atoms with Gasteiger partial charge in [0.05, 0.1) is 19.4 Å². The van der Waals surface area contributed by atoms with Crippen molar-refractivity contribution in [3.63, 3.8) is 0 Å². The van der Waals surface area contributed by atoms with Crippen LogP contribution in [0.15, 0.2) is 36.4 Å². The van der Waals surface area contributed by atoms with Gasteiger partial charge in [-0.2, -0.15) is 0 Å². The van der Waals surface area contributed by atoms with Crippen LogP contribution in [0.2, 0.25) is 0 Å². The first-order valence-electron chi connectivity index (χ1n) is 10.3. The minimum absolute atomic E-state index is 0.532. The van der Waals surface area contributed by atoms with Crippen LogP contribution >= 0.6 is 7.60 Å². The third-order valence-electron chi connectivity index (χ3n) is 4.23. The summed E-state index contributed by atoms with van der Waals surface area (Å²) in [5.41, 5.74) is 1.22. The number of allylic oxidation sites excluding steroid dienone is 1. The summed E-state index contributed by atoms with van der Waals surface area (Å²) >= 11 is 0. The maximum Gasteiger partial charge on any atom is 0.330 e. The standard InChI is InChI=1S/C22H37O3P/c1-3-5-13-19-24-26(23,25-20-14-6-4-2)21-15-8-7-10-16-22-17-11-9-12-18-22/h9-12,16-18H,3-8,13-15,19-21H2,1-2H3. The molecule has 0 saturated carbocycles. The van der Waals surface area contributed by atoms with Crippen LogP contribution in [-0.4, -0.2) is 19.4 Å². The minimum Gasteiger partial charge on any atom is -0.309 e. The topological polar surface area (TPSA) is 35.5 Å². The van der Waals surface area contributed by atoms with E-state index in [1.165, 1.54) is 5.56 Å². The zero-order valence-electron chi connectivity index (χ0n) is 16.7. The van der Waals surface area contributed by atoms with Crippen molar-refractivity contribution in [1.29, 1.82) is 0 Å². The van der Waals surface area contributed by atoms with Gasteiger partial charge in [-0.3, -0.25) is 4.57 Å². The van der Waals surface area contributed by atoms with E-state index in [4.69, 9.17) is 9.05 Å². The molecule has 0 aromatic heterocycles. The van der Waals surface area contributed by atoms with Crippen molar-refractivity contribution in [3.8, 4) is 0 Å². The highest BCUT2D eigenvalue weighted by Gasteiger charge is 2.23. The monoisotopic (exact) mass is 380 g/mol. The van der Waals surface area contributed by atoms with Gasteiger partial charge in [0.15, 0.2) is 0 Å². The number of unbranched alkanes of at least 4 members (excludes halogenated alkanes) is 6. The molecule has 0 N–H and O–H groups in total. The highest BCUT2D eigenvalue weighted by molar-refractivity contribution is 7.53. The SMILES string of the molecule is CCCCCOP(=O)(CCCCC=Cc1ccccc1)OCCCCC. The summed E-state index contributed by atoms with van der Waals surface area (Å²) in [6.45, 7) is 5.41. The van der Waals surface area contributed by atoms with Crippen LogP contribution in [-0.2, 0) is 13.6 Å². The molecule has 0 aliphatic rings. The third-order valence-corrected chi connectivity index (χ3v) is 6.25. The first-order valence-corrected chi connectivity index (χ1v) is 12.0. The second-order valence-corrected chi connectivity index (χ2v) is 8.91. The van der Waals surface area contributed by atoms with Crippen molar-refractivity contribution in [1.82, 2.24) is 0 Å². The summed E-state index contributed by atoms with van der Waals surface area (Å²) in [5.74, 6) is 0. The van der Waals surface area contributed by atoms with Crippen LogP contribution in [0.25, 0.3) is 6.08 Å². The quantitative estimate of drug-likeness (QED) is 0.220. The first kappa shape index (κ1) is 23.1. The summed E-state index contributed by atoms with van der Waals surface area (Å²) in [4.78, 5) is 0. The van der Waals surface area contributed by atoms with E-state index in [0.29, 0.717) is 19.4 Å². The Morgan fingerprint density at radius 3 is 2.04 bits per heavy atom. The molecule has 0 heterocycles. The lowest BCUT2D eigenvalue weighted by Crippen LogP contribution is -2.03. The lowest BCUT2D eigenvalue weighted by molar-refractivity contribution is 0.198. The molecule has 1 rings (SSSR count). The number of rotatable bonds is 16. The Kier molecular flexibility index (Phi) is 13.5. The zero-order valence-corrected chi connectivity index (χ0v) is 17.6. The largest absolute Gasteiger partial charge is 0.330 e. The molecule has 0 fully saturated rings. The lowest BCUT2D eigenvalue weighted by Gasteiger charge is -2.18. The normalized spacial score (nSPS) is 12.1. The van der Waals surface area contributed by atoms with Crippen LogP contribution in [0, 0.1) is 0 Å². The van der Waals surface area contributed by atoms with E-state index in [2.05, 4.69) is 38.1 Å². The molecule has 26 heavy (non-hydrogen) atoms. The number of hydrogen-bond acceptors (Lipinski definition) is 3. The van der Waals surface area contributed by atoms with Crippen molar-refractivity contribution in [2.45, 2.75) is 71.6 Å². The molecule has 0 aliphatic carbocycles. The van der Waals surface area contributed by atoms with Crippen LogP contribution < -0.4 is 0 Å². The van der Waals surface area contributed by atoms with Gasteiger partial charge >= 0.3 is 7.60 Å². The molecule has 1 aromatic rings. The van der Waals surface area contributed by atoms with Gasteiger partial charge in [-0.1, -0.05) is 82.0 Å². The first-order chi connectivity index (χ1) is 12.7. The fourth-order valence-electron chi connectivity index (χ4n) is 2.63. The van der Waals surface area contributed by atoms with Gasteiger partial charge in [0.1, 0.15) is 0 Å². The third kappa shape index (κ3) is 11.7. The lowest BCUT2D eigenvalue weighted by atomic mass is 10.2. The molecule has 0 atom stereocenters. The van der Waals surface area contributed by atoms with Gasteiger partial charge in [-0.15, -0.1) is 0 Å². The molecule has 0 aliphatic heterocycles. The second-order valence-electron chi connectivity index (χ2n) is 6.72. The Balaban J connectivity index is 2.31. The molecule has 0 saturated heterocycles. The predicted octanol–water partition coefficient (Wildman–Crippen LogP) is 7.48. The highest BCUT2D eigenvalue weighted by Crippen LogP contribution is 2.49. The fourth-order valence-corrected chi connectivity index (χ4v) is 4.39. The molecule has 0 unspecified atom stereocenters. The van der Waals surface area contributed by atoms with Gasteiger partial charge in [-0.05, 0) is 37.7 Å². The molecular formula is C22H37O3P. The molecule has 0 bridgehead atoms. The molecule has 0 radical (unpaired) electrons. The molecule has 3 nitrogen and oxygen atoms in total. The van der Waals surface area contributed by atoms with Crippen LogP contribution in [0.3, 0.4) is 0 Å². The van der Waals surface area contributed by atoms with Crippen molar-refractivity contribution in [2.24, 2.45) is 0 Å². The molecule has 1 aromatic carbocycles. The molecular weight excluding hydrogens is 343 g/mol. The maximum atomic E-state index is 12.9. The van der Waals surface area contributed by atoms with E-state index in [-0.39, 0.29) is 0 Å². The average Bonchev–Trinajstić information content (AvgIpc) is 2.66. The highest BCUT2D eigenvalue weighted by atomic mass is 31.2. The summed E-state index contributed by atoms with van der Waals surface area (Å²) in [6.07, 6.45) is 14.1. The van der Waals surface area contributed by atoms with Crippen molar-refractivity contribution >= 4 is 13.7 Å². The van der Waals surface area contributed by atoms with Crippen molar-refractivity contribution in [2.75, 3.05) is 19.4 Å². The Hall–Kier alpha value is -0.890. The van der Waals surface area contributed by atoms with Crippen LogP contribution in [0.5, 0.6) is 0 Å². The molecule has 0 amide bonds. The van der Waals surface area contributed by atoms with E-state index in [0.717, 1.165) is 57.8 Å². The van der Waals surface area contributed by atoms with E-state index in [9.17, 15) is 4.57 Å². The van der Waals surface area contributed by atoms with Gasteiger partial charge in [0.2, 0.25) is 0 Å². The van der Waals surface area contributed by atoms with Crippen molar-refractivity contribution in [3.05, 3.63) is 42.0 Å². The molecule has 0 spiro atoms. The fraction of sp³-hybridized carbons (Fsp3) is 0.636. The minimum atomic E-state index is -2.93. The van der Waals surface area contributed by atoms with E-state index >= 15 is 0 Å². The molecule has 4 heteroatoms. The number of hydrogen-bond donors (Lipinski definition) is 0. The Bertz CT molecular complexity index is 497. The second kappa shape index (κ2) is 15.2. The predicted molar refractivity (Wildman–Crippen MR) is 113 cm³/mol. The van der Waals surface area contributed by atoms with E-state index < -0.39 is 7.60 Å². The Labute approximate surface area is 160 Å². The average molecular weight is 381 g/mol. The summed E-state index contributed by atoms with van der Waals surface area (Å²) in [5, 5.41) is 0. The van der Waals surface area contributed by atoms with E-state index in [1.807, 2.05) is 18.2 Å². The van der Waals surface area contributed by atoms with Gasteiger partial charge in [0.25, 0.3) is 0 Å². The summed E-state index contributed by atoms with van der Waals surface area (Å²) in [6, 6.07) is 10.3. The van der Waals surface area contributed by atoms with Crippen LogP contribution in [0.4, 0.5) is 0 Å². The Morgan fingerprint density at radius 2 is 1.46 bits per heavy atom. The van der Waals surface area contributed by atoms with Gasteiger partial charge in [0, 0.05) is 0 Å². The molecule has 148 valence electrons. The van der Waals surface area contributed by atoms with Crippen molar-refractivity contribution < 1.29 is 13.6 Å². The Morgan fingerprint density at radius 1 is 0.846 bits per heavy atom. The van der Waals surface area contributed by atoms with Gasteiger partial charge < -0.3 is 9.05 Å². The summed E-state index contributed by atoms with van der Waals surface area (Å²) in [7, 11) is -2.93.